The van der Waals surface area contributed by atoms with E-state index in [0.717, 1.165) is 4.90 Å². The van der Waals surface area contributed by atoms with Crippen LogP contribution in [0.3, 0.4) is 0 Å². The molecule has 2 aliphatic heterocycles. The SMILES string of the molecule is COc1ccc([C@@H]2NC3(C(=O)c4ccccc4C3=O)[C@H]3C(=O)N(C)C(=O)[C@@H]23)cc1. The molecule has 2 amide bonds. The Bertz CT molecular complexity index is 1060. The number of hydrogen-bond donors (Lipinski definition) is 1. The van der Waals surface area contributed by atoms with Crippen LogP contribution in [0.1, 0.15) is 32.3 Å². The van der Waals surface area contributed by atoms with Crippen molar-refractivity contribution < 1.29 is 23.9 Å². The van der Waals surface area contributed by atoms with E-state index in [0.29, 0.717) is 11.3 Å². The number of hydrogen-bond acceptors (Lipinski definition) is 6. The van der Waals surface area contributed by atoms with E-state index in [1.807, 2.05) is 0 Å². The molecule has 3 aliphatic rings. The Morgan fingerprint density at radius 2 is 1.48 bits per heavy atom. The number of amides is 2. The molecule has 7 heteroatoms. The van der Waals surface area contributed by atoms with Crippen molar-refractivity contribution in [3.63, 3.8) is 0 Å². The van der Waals surface area contributed by atoms with Gasteiger partial charge in [0.2, 0.25) is 11.8 Å². The number of carbonyl (C=O) groups is 4. The number of methoxy groups -OCH3 is 1. The Labute approximate surface area is 166 Å². The van der Waals surface area contributed by atoms with Gasteiger partial charge < -0.3 is 4.74 Å². The maximum absolute atomic E-state index is 13.4. The van der Waals surface area contributed by atoms with Gasteiger partial charge in [0.1, 0.15) is 5.75 Å². The summed E-state index contributed by atoms with van der Waals surface area (Å²) in [6, 6.07) is 13.0. The molecule has 0 saturated carbocycles. The highest BCUT2D eigenvalue weighted by molar-refractivity contribution is 6.35. The summed E-state index contributed by atoms with van der Waals surface area (Å²) in [4.78, 5) is 53.9. The molecule has 0 aromatic heterocycles. The summed E-state index contributed by atoms with van der Waals surface area (Å²) in [6.45, 7) is 0. The number of imide groups is 1. The number of fused-ring (bicyclic) bond motifs is 3. The third-order valence-electron chi connectivity index (χ3n) is 6.39. The fourth-order valence-corrected chi connectivity index (χ4v) is 4.97. The fourth-order valence-electron chi connectivity index (χ4n) is 4.97. The first-order valence-electron chi connectivity index (χ1n) is 9.33. The standard InChI is InChI=1S/C22H18N2O5/c1-24-20(27)15-16(21(24)28)22(18(25)13-5-3-4-6-14(13)19(22)26)23-17(15)11-7-9-12(29-2)10-8-11/h3-10,15-17,23H,1-2H3/t15-,16-,17+/m1/s1. The van der Waals surface area contributed by atoms with Crippen LogP contribution in [0.5, 0.6) is 5.75 Å². The minimum absolute atomic E-state index is 0.286. The van der Waals surface area contributed by atoms with Crippen LogP contribution in [0.25, 0.3) is 0 Å². The van der Waals surface area contributed by atoms with Gasteiger partial charge >= 0.3 is 0 Å². The van der Waals surface area contributed by atoms with Crippen LogP contribution in [-0.2, 0) is 9.59 Å². The Morgan fingerprint density at radius 1 is 0.897 bits per heavy atom. The summed E-state index contributed by atoms with van der Waals surface area (Å²) in [5.41, 5.74) is -0.468. The number of Topliss-reactive ketones (excluding diaryl/α,β-unsaturated/α-hetero) is 2. The topological polar surface area (TPSA) is 92.8 Å². The number of benzene rings is 2. The molecule has 2 aromatic rings. The fraction of sp³-hybridized carbons (Fsp3) is 0.273. The van der Waals surface area contributed by atoms with Gasteiger partial charge in [-0.1, -0.05) is 36.4 Å². The molecule has 5 rings (SSSR count). The number of nitrogens with zero attached hydrogens (tertiary/aromatic N) is 1. The zero-order valence-electron chi connectivity index (χ0n) is 15.8. The highest BCUT2D eigenvalue weighted by atomic mass is 16.5. The van der Waals surface area contributed by atoms with Gasteiger partial charge in [0.15, 0.2) is 17.1 Å². The molecular formula is C22H18N2O5. The van der Waals surface area contributed by atoms with Crippen LogP contribution in [-0.4, -0.2) is 48.0 Å². The maximum atomic E-state index is 13.4. The van der Waals surface area contributed by atoms with Gasteiger partial charge in [-0.2, -0.15) is 0 Å². The molecule has 3 atom stereocenters. The first-order valence-corrected chi connectivity index (χ1v) is 9.33. The maximum Gasteiger partial charge on any atom is 0.235 e. The summed E-state index contributed by atoms with van der Waals surface area (Å²) >= 11 is 0. The number of ether oxygens (including phenoxy) is 1. The highest BCUT2D eigenvalue weighted by Gasteiger charge is 2.72. The molecule has 146 valence electrons. The molecule has 0 radical (unpaired) electrons. The zero-order valence-corrected chi connectivity index (χ0v) is 15.8. The second kappa shape index (κ2) is 5.84. The number of nitrogens with one attached hydrogen (secondary N) is 1. The van der Waals surface area contributed by atoms with Gasteiger partial charge in [-0.25, -0.2) is 0 Å². The summed E-state index contributed by atoms with van der Waals surface area (Å²) < 4.78 is 5.19. The summed E-state index contributed by atoms with van der Waals surface area (Å²) in [6.07, 6.45) is 0. The van der Waals surface area contributed by atoms with Crippen LogP contribution in [0.15, 0.2) is 48.5 Å². The van der Waals surface area contributed by atoms with E-state index in [2.05, 4.69) is 5.32 Å². The minimum atomic E-state index is -1.75. The van der Waals surface area contributed by atoms with E-state index >= 15 is 0 Å². The molecule has 7 nitrogen and oxygen atoms in total. The van der Waals surface area contributed by atoms with E-state index in [4.69, 9.17) is 4.74 Å². The van der Waals surface area contributed by atoms with Crippen LogP contribution in [0, 0.1) is 11.8 Å². The van der Waals surface area contributed by atoms with Gasteiger partial charge in [0, 0.05) is 24.2 Å². The number of ketones is 2. The smallest absolute Gasteiger partial charge is 0.235 e. The van der Waals surface area contributed by atoms with Crippen molar-refractivity contribution in [3.05, 3.63) is 65.2 Å². The molecule has 2 saturated heterocycles. The van der Waals surface area contributed by atoms with Crippen LogP contribution in [0.4, 0.5) is 0 Å². The van der Waals surface area contributed by atoms with E-state index < -0.39 is 40.9 Å². The van der Waals surface area contributed by atoms with Crippen LogP contribution in [0.2, 0.25) is 0 Å². The second-order valence-corrected chi connectivity index (χ2v) is 7.65. The lowest BCUT2D eigenvalue weighted by Gasteiger charge is -2.27. The molecule has 0 unspecified atom stereocenters. The molecule has 2 heterocycles. The molecule has 1 N–H and O–H groups in total. The van der Waals surface area contributed by atoms with E-state index in [1.54, 1.807) is 55.6 Å². The largest absolute Gasteiger partial charge is 0.497 e. The third kappa shape index (κ3) is 2.05. The predicted molar refractivity (Wildman–Crippen MR) is 101 cm³/mol. The molecule has 2 fully saturated rings. The average Bonchev–Trinajstić information content (AvgIpc) is 3.30. The van der Waals surface area contributed by atoms with Crippen molar-refractivity contribution >= 4 is 23.4 Å². The van der Waals surface area contributed by atoms with Crippen molar-refractivity contribution in [1.82, 2.24) is 10.2 Å². The van der Waals surface area contributed by atoms with Gasteiger partial charge in [-0.3, -0.25) is 29.4 Å². The summed E-state index contributed by atoms with van der Waals surface area (Å²) in [7, 11) is 2.95. The first-order chi connectivity index (χ1) is 13.9. The molecule has 1 aliphatic carbocycles. The first kappa shape index (κ1) is 17.8. The van der Waals surface area contributed by atoms with E-state index in [1.165, 1.54) is 7.05 Å². The summed E-state index contributed by atoms with van der Waals surface area (Å²) in [5.74, 6) is -3.03. The van der Waals surface area contributed by atoms with Crippen LogP contribution < -0.4 is 10.1 Å². The quantitative estimate of drug-likeness (QED) is 0.615. The van der Waals surface area contributed by atoms with Crippen molar-refractivity contribution in [2.75, 3.05) is 14.2 Å². The molecular weight excluding hydrogens is 372 g/mol. The van der Waals surface area contributed by atoms with Gasteiger partial charge in [0.05, 0.1) is 18.9 Å². The lowest BCUT2D eigenvalue weighted by Crippen LogP contribution is -2.57. The third-order valence-corrected chi connectivity index (χ3v) is 6.39. The number of carbonyl (C=O) groups excluding carboxylic acids is 4. The van der Waals surface area contributed by atoms with Gasteiger partial charge in [-0.15, -0.1) is 0 Å². The Morgan fingerprint density at radius 3 is 2.03 bits per heavy atom. The Balaban J connectivity index is 1.68. The summed E-state index contributed by atoms with van der Waals surface area (Å²) in [5, 5.41) is 3.14. The Hall–Kier alpha value is -3.32. The number of likely N-dealkylation sites (tertiary alicyclic amines) is 1. The predicted octanol–water partition coefficient (Wildman–Crippen LogP) is 1.39. The molecule has 29 heavy (non-hydrogen) atoms. The average molecular weight is 390 g/mol. The van der Waals surface area contributed by atoms with Crippen LogP contribution >= 0.6 is 0 Å². The van der Waals surface area contributed by atoms with Crippen molar-refractivity contribution in [3.8, 4) is 5.75 Å². The Kier molecular flexibility index (Phi) is 3.58. The second-order valence-electron chi connectivity index (χ2n) is 7.65. The van der Waals surface area contributed by atoms with Gasteiger partial charge in [0.25, 0.3) is 0 Å². The minimum Gasteiger partial charge on any atom is -0.497 e. The van der Waals surface area contributed by atoms with Crippen molar-refractivity contribution in [2.45, 2.75) is 11.6 Å². The van der Waals surface area contributed by atoms with E-state index in [9.17, 15) is 19.2 Å². The molecule has 1 spiro atoms. The van der Waals surface area contributed by atoms with E-state index in [-0.39, 0.29) is 17.0 Å². The molecule has 2 aromatic carbocycles. The molecule has 0 bridgehead atoms. The lowest BCUT2D eigenvalue weighted by molar-refractivity contribution is -0.139. The van der Waals surface area contributed by atoms with Crippen molar-refractivity contribution in [1.29, 1.82) is 0 Å². The highest BCUT2D eigenvalue weighted by Crippen LogP contribution is 2.52. The van der Waals surface area contributed by atoms with Crippen molar-refractivity contribution in [2.24, 2.45) is 11.8 Å². The monoisotopic (exact) mass is 390 g/mol. The number of rotatable bonds is 2. The van der Waals surface area contributed by atoms with Gasteiger partial charge in [-0.05, 0) is 17.7 Å². The normalized spacial score (nSPS) is 27.0. The lowest BCUT2D eigenvalue weighted by atomic mass is 9.76. The zero-order chi connectivity index (χ0) is 20.5.